The van der Waals surface area contributed by atoms with Gasteiger partial charge in [0.25, 0.3) is 5.91 Å². The first-order chi connectivity index (χ1) is 15.1. The van der Waals surface area contributed by atoms with Crippen molar-refractivity contribution in [1.29, 1.82) is 0 Å². The second-order valence-electron chi connectivity index (χ2n) is 8.68. The van der Waals surface area contributed by atoms with Gasteiger partial charge in [-0.2, -0.15) is 5.10 Å². The molecule has 3 aromatic rings. The lowest BCUT2D eigenvalue weighted by molar-refractivity contribution is 0.0743. The number of aromatic nitrogens is 2. The van der Waals surface area contributed by atoms with Crippen LogP contribution >= 0.6 is 0 Å². The second kappa shape index (κ2) is 8.43. The van der Waals surface area contributed by atoms with E-state index in [1.807, 2.05) is 49.8 Å². The van der Waals surface area contributed by atoms with Crippen LogP contribution in [0.3, 0.4) is 0 Å². The number of carbonyl (C=O) groups is 1. The van der Waals surface area contributed by atoms with Crippen molar-refractivity contribution in [1.82, 2.24) is 14.7 Å². The van der Waals surface area contributed by atoms with Gasteiger partial charge in [0.15, 0.2) is 9.84 Å². The van der Waals surface area contributed by atoms with Gasteiger partial charge in [-0.1, -0.05) is 26.0 Å². The van der Waals surface area contributed by atoms with E-state index in [0.717, 1.165) is 28.8 Å². The van der Waals surface area contributed by atoms with Gasteiger partial charge in [-0.05, 0) is 48.7 Å². The molecular formula is C24H27N3O4S. The van der Waals surface area contributed by atoms with E-state index in [0.29, 0.717) is 25.4 Å². The topological polar surface area (TPSA) is 81.5 Å². The van der Waals surface area contributed by atoms with Gasteiger partial charge in [0.05, 0.1) is 35.0 Å². The highest BCUT2D eigenvalue weighted by Crippen LogP contribution is 2.29. The van der Waals surface area contributed by atoms with E-state index in [2.05, 4.69) is 11.2 Å². The molecule has 4 rings (SSSR count). The summed E-state index contributed by atoms with van der Waals surface area (Å²) >= 11 is 0. The minimum atomic E-state index is -3.45. The number of nitrogens with zero attached hydrogens (tertiary/aromatic N) is 3. The Labute approximate surface area is 188 Å². The highest BCUT2D eigenvalue weighted by atomic mass is 32.2. The minimum Gasteiger partial charge on any atom is -0.492 e. The summed E-state index contributed by atoms with van der Waals surface area (Å²) in [5.41, 5.74) is 4.19. The van der Waals surface area contributed by atoms with E-state index in [-0.39, 0.29) is 22.3 Å². The van der Waals surface area contributed by atoms with Crippen molar-refractivity contribution >= 4 is 15.7 Å². The van der Waals surface area contributed by atoms with Crippen LogP contribution < -0.4 is 4.74 Å². The molecule has 0 radical (unpaired) electrons. The summed E-state index contributed by atoms with van der Waals surface area (Å²) in [5, 5.41) is 4.66. The summed E-state index contributed by atoms with van der Waals surface area (Å²) in [6.07, 6.45) is 3.07. The molecule has 0 saturated heterocycles. The largest absolute Gasteiger partial charge is 0.492 e. The maximum Gasteiger partial charge on any atom is 0.258 e. The number of amides is 1. The molecule has 168 valence electrons. The van der Waals surface area contributed by atoms with E-state index in [1.165, 1.54) is 12.1 Å². The fourth-order valence-corrected chi connectivity index (χ4v) is 4.31. The summed E-state index contributed by atoms with van der Waals surface area (Å²) in [6.45, 7) is 7.26. The fraction of sp³-hybridized carbons (Fsp3) is 0.333. The molecule has 1 aliphatic rings. The van der Waals surface area contributed by atoms with E-state index in [1.54, 1.807) is 11.0 Å². The second-order valence-corrected chi connectivity index (χ2v) is 10.7. The van der Waals surface area contributed by atoms with Crippen LogP contribution in [0.15, 0.2) is 53.6 Å². The number of fused-ring (bicyclic) bond motifs is 1. The number of carbonyl (C=O) groups excluding carboxylic acids is 1. The van der Waals surface area contributed by atoms with Gasteiger partial charge in [-0.3, -0.25) is 4.79 Å². The van der Waals surface area contributed by atoms with Crippen molar-refractivity contribution in [3.8, 4) is 11.4 Å². The molecule has 0 spiro atoms. The molecule has 0 atom stereocenters. The smallest absolute Gasteiger partial charge is 0.258 e. The molecule has 7 nitrogen and oxygen atoms in total. The number of hydrogen-bond donors (Lipinski definition) is 0. The molecule has 0 bridgehead atoms. The highest BCUT2D eigenvalue weighted by Gasteiger charge is 2.30. The zero-order chi connectivity index (χ0) is 23.0. The Morgan fingerprint density at radius 1 is 1.16 bits per heavy atom. The zero-order valence-corrected chi connectivity index (χ0v) is 19.5. The SMILES string of the molecule is Cc1cccc(-n2cc3c(n2)CN(C(=O)c2cc(S(C)(=O)=O)ccc2OCC(C)C)C3)c1. The summed E-state index contributed by atoms with van der Waals surface area (Å²) in [4.78, 5) is 15.1. The molecular weight excluding hydrogens is 426 g/mol. The predicted octanol–water partition coefficient (Wildman–Crippen LogP) is 3.78. The summed E-state index contributed by atoms with van der Waals surface area (Å²) in [6, 6.07) is 12.5. The molecule has 0 saturated carbocycles. The zero-order valence-electron chi connectivity index (χ0n) is 18.7. The molecule has 1 amide bonds. The van der Waals surface area contributed by atoms with E-state index in [9.17, 15) is 13.2 Å². The first-order valence-electron chi connectivity index (χ1n) is 10.5. The molecule has 0 N–H and O–H groups in total. The van der Waals surface area contributed by atoms with Gasteiger partial charge < -0.3 is 9.64 Å². The lowest BCUT2D eigenvalue weighted by atomic mass is 10.1. The first kappa shape index (κ1) is 22.1. The van der Waals surface area contributed by atoms with Crippen LogP contribution in [0.5, 0.6) is 5.75 Å². The number of rotatable bonds is 6. The van der Waals surface area contributed by atoms with E-state index >= 15 is 0 Å². The number of hydrogen-bond acceptors (Lipinski definition) is 5. The van der Waals surface area contributed by atoms with Crippen molar-refractivity contribution in [2.24, 2.45) is 5.92 Å². The van der Waals surface area contributed by atoms with Crippen LogP contribution in [-0.4, -0.2) is 41.9 Å². The quantitative estimate of drug-likeness (QED) is 0.567. The lowest BCUT2D eigenvalue weighted by Gasteiger charge is -2.19. The van der Waals surface area contributed by atoms with Crippen molar-refractivity contribution in [3.05, 3.63) is 71.0 Å². The molecule has 2 heterocycles. The van der Waals surface area contributed by atoms with Crippen LogP contribution in [0.25, 0.3) is 5.69 Å². The minimum absolute atomic E-state index is 0.0966. The number of sulfone groups is 1. The average molecular weight is 454 g/mol. The van der Waals surface area contributed by atoms with Gasteiger partial charge in [-0.15, -0.1) is 0 Å². The normalized spacial score (nSPS) is 13.5. The lowest BCUT2D eigenvalue weighted by Crippen LogP contribution is -2.27. The standard InChI is InChI=1S/C24H27N3O4S/c1-16(2)15-31-23-9-8-20(32(4,29)30)11-21(23)24(28)26-12-18-13-27(25-22(18)14-26)19-7-5-6-17(3)10-19/h5-11,13,16H,12,14-15H2,1-4H3. The van der Waals surface area contributed by atoms with Crippen molar-refractivity contribution in [2.45, 2.75) is 38.8 Å². The molecule has 8 heteroatoms. The third-order valence-corrected chi connectivity index (χ3v) is 6.42. The third-order valence-electron chi connectivity index (χ3n) is 5.31. The average Bonchev–Trinajstić information content (AvgIpc) is 3.30. The Morgan fingerprint density at radius 2 is 1.94 bits per heavy atom. The number of benzene rings is 2. The molecule has 0 fully saturated rings. The Balaban J connectivity index is 1.60. The number of aryl methyl sites for hydroxylation is 1. The van der Waals surface area contributed by atoms with Gasteiger partial charge in [0.1, 0.15) is 5.75 Å². The number of ether oxygens (including phenoxy) is 1. The monoisotopic (exact) mass is 453 g/mol. The summed E-state index contributed by atoms with van der Waals surface area (Å²) < 4.78 is 31.8. The Morgan fingerprint density at radius 3 is 2.59 bits per heavy atom. The fourth-order valence-electron chi connectivity index (χ4n) is 3.66. The summed E-state index contributed by atoms with van der Waals surface area (Å²) in [7, 11) is -3.45. The first-order valence-corrected chi connectivity index (χ1v) is 12.4. The van der Waals surface area contributed by atoms with Crippen LogP contribution in [-0.2, 0) is 22.9 Å². The maximum atomic E-state index is 13.4. The van der Waals surface area contributed by atoms with Crippen molar-refractivity contribution < 1.29 is 17.9 Å². The molecule has 1 aromatic heterocycles. The van der Waals surface area contributed by atoms with Crippen LogP contribution in [0.2, 0.25) is 0 Å². The maximum absolute atomic E-state index is 13.4. The summed E-state index contributed by atoms with van der Waals surface area (Å²) in [5.74, 6) is 0.394. The van der Waals surface area contributed by atoms with Crippen LogP contribution in [0.1, 0.15) is 41.0 Å². The van der Waals surface area contributed by atoms with E-state index < -0.39 is 9.84 Å². The Kier molecular flexibility index (Phi) is 5.81. The molecule has 32 heavy (non-hydrogen) atoms. The van der Waals surface area contributed by atoms with Crippen LogP contribution in [0, 0.1) is 12.8 Å². The molecule has 0 aliphatic carbocycles. The van der Waals surface area contributed by atoms with Crippen LogP contribution in [0.4, 0.5) is 0 Å². The highest BCUT2D eigenvalue weighted by molar-refractivity contribution is 7.90. The Bertz CT molecular complexity index is 1250. The third kappa shape index (κ3) is 4.55. The van der Waals surface area contributed by atoms with Crippen molar-refractivity contribution in [3.63, 3.8) is 0 Å². The van der Waals surface area contributed by atoms with Crippen molar-refractivity contribution in [2.75, 3.05) is 12.9 Å². The molecule has 0 unspecified atom stereocenters. The van der Waals surface area contributed by atoms with E-state index in [4.69, 9.17) is 4.74 Å². The molecule has 2 aromatic carbocycles. The van der Waals surface area contributed by atoms with Gasteiger partial charge in [0, 0.05) is 24.6 Å². The van der Waals surface area contributed by atoms with Gasteiger partial charge in [0.2, 0.25) is 0 Å². The predicted molar refractivity (Wildman–Crippen MR) is 122 cm³/mol. The Hall–Kier alpha value is -3.13. The molecule has 1 aliphatic heterocycles. The van der Waals surface area contributed by atoms with Gasteiger partial charge in [-0.25, -0.2) is 13.1 Å². The van der Waals surface area contributed by atoms with Gasteiger partial charge >= 0.3 is 0 Å².